The van der Waals surface area contributed by atoms with Gasteiger partial charge in [-0.25, -0.2) is 9.18 Å². The summed E-state index contributed by atoms with van der Waals surface area (Å²) in [5.41, 5.74) is 0.380. The average molecular weight is 394 g/mol. The van der Waals surface area contributed by atoms with Crippen LogP contribution >= 0.6 is 11.3 Å². The first-order chi connectivity index (χ1) is 13.0. The summed E-state index contributed by atoms with van der Waals surface area (Å²) < 4.78 is 23.1. The van der Waals surface area contributed by atoms with Gasteiger partial charge in [0.15, 0.2) is 18.2 Å². The topological polar surface area (TPSA) is 93.7 Å². The fraction of sp³-hybridized carbons (Fsp3) is 0.278. The smallest absolute Gasteiger partial charge is 0.321 e. The van der Waals surface area contributed by atoms with Crippen LogP contribution < -0.4 is 15.4 Å². The van der Waals surface area contributed by atoms with Crippen LogP contribution in [0.5, 0.6) is 5.75 Å². The Kier molecular flexibility index (Phi) is 7.75. The lowest BCUT2D eigenvalue weighted by atomic mass is 10.1. The van der Waals surface area contributed by atoms with Crippen molar-refractivity contribution in [3.05, 3.63) is 52.0 Å². The molecule has 2 rings (SSSR count). The lowest BCUT2D eigenvalue weighted by Crippen LogP contribution is -2.42. The van der Waals surface area contributed by atoms with Gasteiger partial charge in [0.1, 0.15) is 0 Å². The number of halogens is 1. The number of hydrogen-bond acceptors (Lipinski definition) is 6. The highest BCUT2D eigenvalue weighted by molar-refractivity contribution is 7.09. The van der Waals surface area contributed by atoms with Gasteiger partial charge in [0.2, 0.25) is 0 Å². The highest BCUT2D eigenvalue weighted by atomic mass is 32.1. The molecular weight excluding hydrogens is 375 g/mol. The minimum atomic E-state index is -0.752. The number of carbonyl (C=O) groups excluding carboxylic acids is 3. The van der Waals surface area contributed by atoms with Gasteiger partial charge < -0.3 is 14.8 Å². The number of esters is 1. The maximum atomic E-state index is 13.6. The molecule has 1 aromatic heterocycles. The summed E-state index contributed by atoms with van der Waals surface area (Å²) in [6, 6.07) is 7.27. The molecule has 2 aromatic rings. The Bertz CT molecular complexity index is 795. The monoisotopic (exact) mass is 394 g/mol. The molecule has 0 fully saturated rings. The molecule has 0 saturated carbocycles. The molecule has 0 aliphatic rings. The van der Waals surface area contributed by atoms with Gasteiger partial charge in [-0.2, -0.15) is 0 Å². The van der Waals surface area contributed by atoms with Gasteiger partial charge in [-0.15, -0.1) is 11.3 Å². The van der Waals surface area contributed by atoms with Gasteiger partial charge in [-0.05, 0) is 35.6 Å². The van der Waals surface area contributed by atoms with Gasteiger partial charge in [0.05, 0.1) is 13.5 Å². The Labute approximate surface area is 159 Å². The van der Waals surface area contributed by atoms with Gasteiger partial charge in [-0.1, -0.05) is 12.1 Å². The predicted octanol–water partition coefficient (Wildman–Crippen LogP) is 2.05. The molecular formula is C18H19FN2O5S. The van der Waals surface area contributed by atoms with Crippen LogP contribution in [0, 0.1) is 5.82 Å². The Morgan fingerprint density at radius 3 is 2.70 bits per heavy atom. The first-order valence-corrected chi connectivity index (χ1v) is 8.94. The lowest BCUT2D eigenvalue weighted by Gasteiger charge is -2.08. The molecule has 0 atom stereocenters. The molecule has 0 aliphatic carbocycles. The molecule has 0 unspecified atom stereocenters. The Hall–Kier alpha value is -2.94. The Balaban J connectivity index is 1.66. The number of amides is 3. The van der Waals surface area contributed by atoms with Gasteiger partial charge in [0.25, 0.3) is 5.91 Å². The third-order valence-corrected chi connectivity index (χ3v) is 4.36. The predicted molar refractivity (Wildman–Crippen MR) is 97.2 cm³/mol. The van der Waals surface area contributed by atoms with E-state index in [2.05, 4.69) is 10.6 Å². The number of benzene rings is 1. The van der Waals surface area contributed by atoms with E-state index in [1.807, 2.05) is 17.5 Å². The highest BCUT2D eigenvalue weighted by Crippen LogP contribution is 2.18. The first-order valence-electron chi connectivity index (χ1n) is 8.06. The zero-order valence-corrected chi connectivity index (χ0v) is 15.4. The average Bonchev–Trinajstić information content (AvgIpc) is 3.13. The van der Waals surface area contributed by atoms with Crippen molar-refractivity contribution >= 4 is 29.2 Å². The van der Waals surface area contributed by atoms with E-state index in [1.54, 1.807) is 11.3 Å². The van der Waals surface area contributed by atoms with Crippen LogP contribution in [0.2, 0.25) is 0 Å². The second kappa shape index (κ2) is 10.3. The molecule has 9 heteroatoms. The number of ether oxygens (including phenoxy) is 2. The normalized spacial score (nSPS) is 10.1. The van der Waals surface area contributed by atoms with Crippen LogP contribution in [0.25, 0.3) is 0 Å². The SMILES string of the molecule is COc1ccc(CC(=O)OCC(=O)NC(=O)NCCc2cccs2)cc1F. The molecule has 3 amide bonds. The number of carbonyl (C=O) groups is 3. The second-order valence-electron chi connectivity index (χ2n) is 5.44. The molecule has 27 heavy (non-hydrogen) atoms. The standard InChI is InChI=1S/C18H19FN2O5S/c1-25-15-5-4-12(9-14(15)19)10-17(23)26-11-16(22)21-18(24)20-7-6-13-3-2-8-27-13/h2-5,8-9H,6-7,10-11H2,1H3,(H2,20,21,22,24). The van der Waals surface area contributed by atoms with Crippen molar-refractivity contribution in [3.63, 3.8) is 0 Å². The van der Waals surface area contributed by atoms with E-state index in [4.69, 9.17) is 9.47 Å². The van der Waals surface area contributed by atoms with Crippen LogP contribution in [-0.4, -0.2) is 38.2 Å². The number of thiophene rings is 1. The van der Waals surface area contributed by atoms with Crippen LogP contribution in [0.3, 0.4) is 0 Å². The number of nitrogens with one attached hydrogen (secondary N) is 2. The fourth-order valence-corrected chi connectivity index (χ4v) is 2.85. The molecule has 1 heterocycles. The van der Waals surface area contributed by atoms with E-state index in [-0.39, 0.29) is 12.2 Å². The third kappa shape index (κ3) is 7.06. The molecule has 0 bridgehead atoms. The lowest BCUT2D eigenvalue weighted by molar-refractivity contribution is -0.147. The summed E-state index contributed by atoms with van der Waals surface area (Å²) in [5, 5.41) is 6.54. The summed E-state index contributed by atoms with van der Waals surface area (Å²) in [5.74, 6) is -2.00. The first kappa shape index (κ1) is 20.4. The van der Waals surface area contributed by atoms with Gasteiger partial charge in [-0.3, -0.25) is 14.9 Å². The van der Waals surface area contributed by atoms with Crippen LogP contribution in [0.15, 0.2) is 35.7 Å². The Morgan fingerprint density at radius 1 is 1.22 bits per heavy atom. The van der Waals surface area contributed by atoms with Gasteiger partial charge >= 0.3 is 12.0 Å². The fourth-order valence-electron chi connectivity index (χ4n) is 2.14. The van der Waals surface area contributed by atoms with Crippen LogP contribution in [-0.2, 0) is 27.2 Å². The molecule has 7 nitrogen and oxygen atoms in total. The molecule has 0 saturated heterocycles. The third-order valence-electron chi connectivity index (χ3n) is 3.42. The maximum absolute atomic E-state index is 13.6. The minimum absolute atomic E-state index is 0.0663. The minimum Gasteiger partial charge on any atom is -0.494 e. The van der Waals surface area contributed by atoms with E-state index >= 15 is 0 Å². The summed E-state index contributed by atoms with van der Waals surface area (Å²) in [4.78, 5) is 36.0. The molecule has 144 valence electrons. The summed E-state index contributed by atoms with van der Waals surface area (Å²) in [6.45, 7) is -0.224. The molecule has 0 radical (unpaired) electrons. The van der Waals surface area contributed by atoms with Crippen molar-refractivity contribution in [1.82, 2.24) is 10.6 Å². The van der Waals surface area contributed by atoms with E-state index < -0.39 is 30.3 Å². The number of rotatable bonds is 8. The summed E-state index contributed by atoms with van der Waals surface area (Å²) >= 11 is 1.58. The molecule has 0 spiro atoms. The van der Waals surface area contributed by atoms with Crippen molar-refractivity contribution in [2.45, 2.75) is 12.8 Å². The van der Waals surface area contributed by atoms with E-state index in [0.717, 1.165) is 10.9 Å². The van der Waals surface area contributed by atoms with Crippen molar-refractivity contribution in [2.24, 2.45) is 0 Å². The van der Waals surface area contributed by atoms with Crippen LogP contribution in [0.4, 0.5) is 9.18 Å². The van der Waals surface area contributed by atoms with Crippen molar-refractivity contribution in [1.29, 1.82) is 0 Å². The van der Waals surface area contributed by atoms with Crippen LogP contribution in [0.1, 0.15) is 10.4 Å². The maximum Gasteiger partial charge on any atom is 0.321 e. The van der Waals surface area contributed by atoms with Crippen molar-refractivity contribution in [3.8, 4) is 5.75 Å². The zero-order chi connectivity index (χ0) is 19.6. The number of methoxy groups -OCH3 is 1. The summed E-state index contributed by atoms with van der Waals surface area (Å²) in [6.07, 6.45) is 0.452. The van der Waals surface area contributed by atoms with E-state index in [9.17, 15) is 18.8 Å². The number of hydrogen-bond donors (Lipinski definition) is 2. The Morgan fingerprint density at radius 2 is 2.04 bits per heavy atom. The van der Waals surface area contributed by atoms with Crippen molar-refractivity contribution < 1.29 is 28.2 Å². The van der Waals surface area contributed by atoms with E-state index in [0.29, 0.717) is 18.5 Å². The molecule has 2 N–H and O–H groups in total. The highest BCUT2D eigenvalue weighted by Gasteiger charge is 2.12. The van der Waals surface area contributed by atoms with E-state index in [1.165, 1.54) is 19.2 Å². The number of imide groups is 1. The second-order valence-corrected chi connectivity index (χ2v) is 6.47. The largest absolute Gasteiger partial charge is 0.494 e. The number of urea groups is 1. The van der Waals surface area contributed by atoms with Crippen molar-refractivity contribution in [2.75, 3.05) is 20.3 Å². The molecule has 1 aromatic carbocycles. The van der Waals surface area contributed by atoms with Gasteiger partial charge in [0, 0.05) is 11.4 Å². The zero-order valence-electron chi connectivity index (χ0n) is 14.6. The molecule has 0 aliphatic heterocycles. The summed E-state index contributed by atoms with van der Waals surface area (Å²) in [7, 11) is 1.34. The quantitative estimate of drug-likeness (QED) is 0.669.